The zero-order chi connectivity index (χ0) is 48.6. The van der Waals surface area contributed by atoms with Gasteiger partial charge in [0.05, 0.1) is 37.6 Å². The normalized spacial score (nSPS) is 52.4. The van der Waals surface area contributed by atoms with Gasteiger partial charge in [-0.25, -0.2) is 0 Å². The highest BCUT2D eigenvalue weighted by Gasteiger charge is 2.72. The van der Waals surface area contributed by atoms with Crippen molar-refractivity contribution in [2.24, 2.45) is 45.3 Å². The number of rotatable bonds is 13. The summed E-state index contributed by atoms with van der Waals surface area (Å²) in [6, 6.07) is 0. The molecule has 3 heterocycles. The summed E-state index contributed by atoms with van der Waals surface area (Å²) in [4.78, 5) is 0. The van der Waals surface area contributed by atoms with E-state index in [1.165, 1.54) is 0 Å². The van der Waals surface area contributed by atoms with Crippen LogP contribution in [-0.2, 0) is 28.4 Å². The van der Waals surface area contributed by atoms with Crippen molar-refractivity contribution in [1.82, 2.24) is 0 Å². The summed E-state index contributed by atoms with van der Waals surface area (Å²) in [6.07, 6.45) is -15.4. The molecule has 4 saturated carbocycles. The van der Waals surface area contributed by atoms with Crippen LogP contribution in [-0.4, -0.2) is 191 Å². The summed E-state index contributed by atoms with van der Waals surface area (Å²) in [5.74, 6) is -0.151. The van der Waals surface area contributed by atoms with Crippen LogP contribution >= 0.6 is 0 Å². The second-order valence-electron chi connectivity index (χ2n) is 22.9. The molecule has 3 saturated heterocycles. The Morgan fingerprint density at radius 3 is 1.71 bits per heavy atom. The van der Waals surface area contributed by atoms with Crippen LogP contribution in [0.1, 0.15) is 113 Å². The molecule has 0 aromatic heterocycles. The summed E-state index contributed by atoms with van der Waals surface area (Å²) in [7, 11) is 0. The first-order valence-corrected chi connectivity index (χ1v) is 24.4. The van der Waals surface area contributed by atoms with Crippen LogP contribution in [0.3, 0.4) is 0 Å². The molecule has 0 aromatic rings. The molecular formula is C48H82O18. The van der Waals surface area contributed by atoms with Gasteiger partial charge >= 0.3 is 0 Å². The highest BCUT2D eigenvalue weighted by Crippen LogP contribution is 2.76. The number of fused-ring (bicyclic) bond motifs is 5. The van der Waals surface area contributed by atoms with E-state index in [2.05, 4.69) is 40.7 Å². The third kappa shape index (κ3) is 8.79. The first kappa shape index (κ1) is 52.8. The van der Waals surface area contributed by atoms with E-state index in [1.807, 2.05) is 20.8 Å². The maximum atomic E-state index is 12.7. The predicted molar refractivity (Wildman–Crippen MR) is 234 cm³/mol. The SMILES string of the molecule is CC(C)=CCCC(C)(O[C@@H]1O[C@H](CO)[C@@H](O)[C@H](O)[C@H]1O)C1CCC2(C)C1C(O)CC1C3(C)CCC(O[C@@H]4O[C@H](CO)[C@@H](O)[C@H](O)[C@H]4O[C@@H]4O[C@H](CO)[C@@H](O)[C@H](O)[C@H]4O)C(C)(C)C3CCC12C. The van der Waals surface area contributed by atoms with Crippen LogP contribution in [0.4, 0.5) is 0 Å². The van der Waals surface area contributed by atoms with E-state index in [0.717, 1.165) is 37.7 Å². The Bertz CT molecular complexity index is 1680. The van der Waals surface area contributed by atoms with Crippen LogP contribution in [0, 0.1) is 45.3 Å². The molecule has 0 radical (unpaired) electrons. The Morgan fingerprint density at radius 1 is 0.606 bits per heavy atom. The van der Waals surface area contributed by atoms with Gasteiger partial charge in [-0.3, -0.25) is 0 Å². The zero-order valence-corrected chi connectivity index (χ0v) is 40.0. The lowest BCUT2D eigenvalue weighted by atomic mass is 9.35. The molecule has 3 aliphatic heterocycles. The van der Waals surface area contributed by atoms with E-state index in [4.69, 9.17) is 28.4 Å². The molecule has 382 valence electrons. The minimum Gasteiger partial charge on any atom is -0.394 e. The van der Waals surface area contributed by atoms with Crippen molar-refractivity contribution in [3.8, 4) is 0 Å². The summed E-state index contributed by atoms with van der Waals surface area (Å²) < 4.78 is 37.2. The number of aliphatic hydroxyl groups is 12. The van der Waals surface area contributed by atoms with Crippen molar-refractivity contribution >= 4 is 0 Å². The summed E-state index contributed by atoms with van der Waals surface area (Å²) in [6.45, 7) is 15.5. The minimum atomic E-state index is -1.79. The summed E-state index contributed by atoms with van der Waals surface area (Å²) in [5, 5.41) is 129. The second-order valence-corrected chi connectivity index (χ2v) is 22.9. The topological polar surface area (TPSA) is 298 Å². The Balaban J connectivity index is 1.13. The lowest BCUT2D eigenvalue weighted by Crippen LogP contribution is -2.68. The van der Waals surface area contributed by atoms with Crippen LogP contribution in [0.15, 0.2) is 11.6 Å². The number of hydrogen-bond donors (Lipinski definition) is 12. The first-order valence-electron chi connectivity index (χ1n) is 24.4. The predicted octanol–water partition coefficient (Wildman–Crippen LogP) is -0.0268. The van der Waals surface area contributed by atoms with E-state index in [-0.39, 0.29) is 39.9 Å². The van der Waals surface area contributed by atoms with Gasteiger partial charge in [-0.2, -0.15) is 0 Å². The lowest BCUT2D eigenvalue weighted by molar-refractivity contribution is -0.378. The van der Waals surface area contributed by atoms with Gasteiger partial charge in [-0.1, -0.05) is 46.3 Å². The van der Waals surface area contributed by atoms with Gasteiger partial charge in [0, 0.05) is 0 Å². The molecule has 18 nitrogen and oxygen atoms in total. The van der Waals surface area contributed by atoms with Crippen molar-refractivity contribution in [2.45, 2.75) is 223 Å². The third-order valence-corrected chi connectivity index (χ3v) is 18.8. The van der Waals surface area contributed by atoms with E-state index in [0.29, 0.717) is 25.7 Å². The number of allylic oxidation sites excluding steroid dienone is 2. The molecule has 0 aromatic carbocycles. The van der Waals surface area contributed by atoms with Crippen LogP contribution in [0.25, 0.3) is 0 Å². The standard InChI is InChI=1S/C48H82O18/c1-22(2)10-9-14-48(8,66-42-39(60)36(57)33(54)26(20-50)62-42)23-11-16-47(7)31(23)24(52)18-29-45(5)15-13-30(44(3,4)28(45)12-17-46(29,47)6)64-43-40(37(58)34(55)27(21-51)63-43)65-41-38(59)35(56)32(53)25(19-49)61-41/h10,23-43,49-60H,9,11-21H2,1-8H3/t23?,24?,25-,26-,27-,28?,29?,30?,31?,32-,33-,34-,35+,36+,37+,38-,39-,40-,41+,42+,43+,45?,46?,47?,48?/m1/s1. The smallest absolute Gasteiger partial charge is 0.187 e. The van der Waals surface area contributed by atoms with Crippen molar-refractivity contribution in [1.29, 1.82) is 0 Å². The monoisotopic (exact) mass is 947 g/mol. The largest absolute Gasteiger partial charge is 0.394 e. The molecule has 18 heteroatoms. The van der Waals surface area contributed by atoms with Crippen molar-refractivity contribution in [3.05, 3.63) is 11.6 Å². The van der Waals surface area contributed by atoms with Crippen LogP contribution in [0.2, 0.25) is 0 Å². The molecule has 4 aliphatic carbocycles. The van der Waals surface area contributed by atoms with E-state index in [1.54, 1.807) is 0 Å². The highest BCUT2D eigenvalue weighted by atomic mass is 16.8. The van der Waals surface area contributed by atoms with E-state index < -0.39 is 135 Å². The van der Waals surface area contributed by atoms with Gasteiger partial charge in [-0.05, 0) is 124 Å². The molecular weight excluding hydrogens is 865 g/mol. The Hall–Kier alpha value is -0.980. The fourth-order valence-electron chi connectivity index (χ4n) is 14.9. The van der Waals surface area contributed by atoms with Gasteiger partial charge in [0.1, 0.15) is 73.2 Å². The number of aliphatic hydroxyl groups excluding tert-OH is 12. The second kappa shape index (κ2) is 19.6. The Labute approximate surface area is 388 Å². The summed E-state index contributed by atoms with van der Waals surface area (Å²) in [5.41, 5.74) is -1.12. The Morgan fingerprint density at radius 2 is 1.14 bits per heavy atom. The van der Waals surface area contributed by atoms with Gasteiger partial charge in [0.25, 0.3) is 0 Å². The molecule has 66 heavy (non-hydrogen) atoms. The quantitative estimate of drug-likeness (QED) is 0.0853. The van der Waals surface area contributed by atoms with Crippen molar-refractivity contribution in [3.63, 3.8) is 0 Å². The first-order chi connectivity index (χ1) is 30.8. The highest BCUT2D eigenvalue weighted by molar-refractivity contribution is 5.20. The molecule has 10 unspecified atom stereocenters. The number of hydrogen-bond acceptors (Lipinski definition) is 18. The van der Waals surface area contributed by atoms with E-state index >= 15 is 0 Å². The molecule has 12 N–H and O–H groups in total. The number of ether oxygens (including phenoxy) is 6. The Kier molecular flexibility index (Phi) is 15.7. The van der Waals surface area contributed by atoms with Gasteiger partial charge in [-0.15, -0.1) is 0 Å². The van der Waals surface area contributed by atoms with E-state index in [9.17, 15) is 61.3 Å². The average molecular weight is 947 g/mol. The van der Waals surface area contributed by atoms with Crippen LogP contribution in [0.5, 0.6) is 0 Å². The van der Waals surface area contributed by atoms with Crippen molar-refractivity contribution < 1.29 is 89.7 Å². The summed E-state index contributed by atoms with van der Waals surface area (Å²) >= 11 is 0. The van der Waals surface area contributed by atoms with Gasteiger partial charge < -0.3 is 89.7 Å². The van der Waals surface area contributed by atoms with Gasteiger partial charge in [0.2, 0.25) is 0 Å². The molecule has 7 fully saturated rings. The molecule has 0 amide bonds. The molecule has 0 bridgehead atoms. The van der Waals surface area contributed by atoms with Crippen LogP contribution < -0.4 is 0 Å². The maximum Gasteiger partial charge on any atom is 0.187 e. The minimum absolute atomic E-state index is 0.0905. The zero-order valence-electron chi connectivity index (χ0n) is 40.0. The lowest BCUT2D eigenvalue weighted by Gasteiger charge is -2.71. The fraction of sp³-hybridized carbons (Fsp3) is 0.958. The average Bonchev–Trinajstić information content (AvgIpc) is 3.65. The molecule has 7 rings (SSSR count). The molecule has 0 spiro atoms. The maximum absolute atomic E-state index is 12.7. The molecule has 25 atom stereocenters. The fourth-order valence-corrected chi connectivity index (χ4v) is 14.9. The molecule has 7 aliphatic rings. The van der Waals surface area contributed by atoms with Crippen molar-refractivity contribution in [2.75, 3.05) is 19.8 Å². The van der Waals surface area contributed by atoms with Gasteiger partial charge in [0.15, 0.2) is 18.9 Å². The third-order valence-electron chi connectivity index (χ3n) is 18.8.